The first-order valence-electron chi connectivity index (χ1n) is 5.72. The molecule has 2 nitrogen and oxygen atoms in total. The summed E-state index contributed by atoms with van der Waals surface area (Å²) in [6.45, 7) is 0.765. The molecule has 1 N–H and O–H groups in total. The molecule has 0 radical (unpaired) electrons. The highest BCUT2D eigenvalue weighted by Crippen LogP contribution is 2.22. The normalized spacial score (nSPS) is 11.4. The van der Waals surface area contributed by atoms with E-state index in [0.29, 0.717) is 13.0 Å². The number of hydrogen-bond donors (Lipinski definition) is 1. The highest BCUT2D eigenvalue weighted by atomic mass is 19.2. The molecule has 19 heavy (non-hydrogen) atoms. The zero-order valence-electron chi connectivity index (χ0n) is 10.7. The number of hydrogen-bond acceptors (Lipinski definition) is 2. The van der Waals surface area contributed by atoms with Crippen molar-refractivity contribution in [2.75, 3.05) is 27.2 Å². The first-order chi connectivity index (χ1) is 8.86. The SMILES string of the molecule is CN(C)CCCNCc1c(F)c(F)c(F)c(F)c1F. The molecule has 0 heterocycles. The third-order valence-corrected chi connectivity index (χ3v) is 2.56. The van der Waals surface area contributed by atoms with Crippen LogP contribution in [0.5, 0.6) is 0 Å². The molecule has 0 unspecified atom stereocenters. The van der Waals surface area contributed by atoms with E-state index in [2.05, 4.69) is 5.32 Å². The van der Waals surface area contributed by atoms with Gasteiger partial charge in [0, 0.05) is 12.1 Å². The molecule has 108 valence electrons. The zero-order chi connectivity index (χ0) is 14.6. The van der Waals surface area contributed by atoms with E-state index in [1.54, 1.807) is 0 Å². The minimum atomic E-state index is -2.13. The van der Waals surface area contributed by atoms with Crippen molar-refractivity contribution >= 4 is 0 Å². The minimum Gasteiger partial charge on any atom is -0.312 e. The molecule has 1 rings (SSSR count). The van der Waals surface area contributed by atoms with Crippen LogP contribution >= 0.6 is 0 Å². The quantitative estimate of drug-likeness (QED) is 0.373. The largest absolute Gasteiger partial charge is 0.312 e. The molecule has 7 heteroatoms. The molecular weight excluding hydrogens is 267 g/mol. The van der Waals surface area contributed by atoms with Crippen LogP contribution < -0.4 is 5.32 Å². The summed E-state index contributed by atoms with van der Waals surface area (Å²) in [4.78, 5) is 1.92. The number of nitrogens with zero attached hydrogens (tertiary/aromatic N) is 1. The molecule has 0 fully saturated rings. The number of benzene rings is 1. The Morgan fingerprint density at radius 1 is 0.842 bits per heavy atom. The van der Waals surface area contributed by atoms with Crippen LogP contribution in [-0.4, -0.2) is 32.1 Å². The molecule has 0 saturated heterocycles. The fraction of sp³-hybridized carbons (Fsp3) is 0.500. The highest BCUT2D eigenvalue weighted by molar-refractivity contribution is 5.23. The van der Waals surface area contributed by atoms with Gasteiger partial charge < -0.3 is 10.2 Å². The molecule has 1 aromatic carbocycles. The van der Waals surface area contributed by atoms with Crippen molar-refractivity contribution < 1.29 is 22.0 Å². The number of halogens is 5. The average molecular weight is 282 g/mol. The third kappa shape index (κ3) is 3.87. The lowest BCUT2D eigenvalue weighted by Crippen LogP contribution is -2.22. The van der Waals surface area contributed by atoms with E-state index in [9.17, 15) is 22.0 Å². The van der Waals surface area contributed by atoms with Crippen LogP contribution in [0.4, 0.5) is 22.0 Å². The minimum absolute atomic E-state index is 0.404. The van der Waals surface area contributed by atoms with Gasteiger partial charge in [-0.2, -0.15) is 0 Å². The van der Waals surface area contributed by atoms with E-state index in [1.165, 1.54) is 0 Å². The highest BCUT2D eigenvalue weighted by Gasteiger charge is 2.24. The second-order valence-corrected chi connectivity index (χ2v) is 4.38. The van der Waals surface area contributed by atoms with Crippen LogP contribution in [-0.2, 0) is 6.54 Å². The molecular formula is C12H15F5N2. The lowest BCUT2D eigenvalue weighted by Gasteiger charge is -2.11. The average Bonchev–Trinajstić information content (AvgIpc) is 2.37. The van der Waals surface area contributed by atoms with Gasteiger partial charge in [-0.05, 0) is 33.6 Å². The predicted octanol–water partition coefficient (Wildman–Crippen LogP) is 2.42. The van der Waals surface area contributed by atoms with Gasteiger partial charge >= 0.3 is 0 Å². The van der Waals surface area contributed by atoms with Gasteiger partial charge in [-0.25, -0.2) is 22.0 Å². The van der Waals surface area contributed by atoms with Crippen LogP contribution in [0.15, 0.2) is 0 Å². The van der Waals surface area contributed by atoms with Crippen LogP contribution in [0.1, 0.15) is 12.0 Å². The summed E-state index contributed by atoms with van der Waals surface area (Å²) in [5.74, 6) is -9.52. The van der Waals surface area contributed by atoms with Crippen LogP contribution in [0.3, 0.4) is 0 Å². The number of nitrogens with one attached hydrogen (secondary N) is 1. The first kappa shape index (κ1) is 15.8. The van der Waals surface area contributed by atoms with Gasteiger partial charge in [0.25, 0.3) is 0 Å². The predicted molar refractivity (Wildman–Crippen MR) is 61.1 cm³/mol. The Hall–Kier alpha value is -1.21. The maximum Gasteiger partial charge on any atom is 0.200 e. The maximum atomic E-state index is 13.3. The van der Waals surface area contributed by atoms with Crippen molar-refractivity contribution in [1.82, 2.24) is 10.2 Å². The molecule has 0 aliphatic rings. The van der Waals surface area contributed by atoms with Gasteiger partial charge in [0.1, 0.15) is 0 Å². The van der Waals surface area contributed by atoms with E-state index in [4.69, 9.17) is 0 Å². The summed E-state index contributed by atoms with van der Waals surface area (Å²) in [5.41, 5.74) is -0.832. The summed E-state index contributed by atoms with van der Waals surface area (Å²) in [7, 11) is 3.73. The lowest BCUT2D eigenvalue weighted by molar-refractivity contribution is 0.364. The topological polar surface area (TPSA) is 15.3 Å². The summed E-state index contributed by atoms with van der Waals surface area (Å²) < 4.78 is 65.1. The Kier molecular flexibility index (Phi) is 5.68. The summed E-state index contributed by atoms with van der Waals surface area (Å²) >= 11 is 0. The molecule has 0 amide bonds. The van der Waals surface area contributed by atoms with E-state index in [1.807, 2.05) is 19.0 Å². The second kappa shape index (κ2) is 6.81. The van der Waals surface area contributed by atoms with Gasteiger partial charge in [0.15, 0.2) is 23.3 Å². The molecule has 0 aliphatic carbocycles. The summed E-state index contributed by atoms with van der Waals surface area (Å²) in [5, 5.41) is 2.65. The Labute approximate surface area is 108 Å². The van der Waals surface area contributed by atoms with Crippen LogP contribution in [0.25, 0.3) is 0 Å². The fourth-order valence-electron chi connectivity index (χ4n) is 1.54. The Balaban J connectivity index is 2.69. The summed E-state index contributed by atoms with van der Waals surface area (Å²) in [6.07, 6.45) is 0.697. The lowest BCUT2D eigenvalue weighted by atomic mass is 10.1. The van der Waals surface area contributed by atoms with Crippen molar-refractivity contribution in [3.63, 3.8) is 0 Å². The van der Waals surface area contributed by atoms with Crippen molar-refractivity contribution in [2.24, 2.45) is 0 Å². The fourth-order valence-corrected chi connectivity index (χ4v) is 1.54. The van der Waals surface area contributed by atoms with Crippen molar-refractivity contribution in [3.05, 3.63) is 34.6 Å². The molecule has 0 spiro atoms. The Bertz CT molecular complexity index is 419. The molecule has 0 aliphatic heterocycles. The second-order valence-electron chi connectivity index (χ2n) is 4.38. The molecule has 0 saturated carbocycles. The Morgan fingerprint density at radius 2 is 1.32 bits per heavy atom. The van der Waals surface area contributed by atoms with E-state index < -0.39 is 41.2 Å². The van der Waals surface area contributed by atoms with Crippen molar-refractivity contribution in [1.29, 1.82) is 0 Å². The van der Waals surface area contributed by atoms with Crippen molar-refractivity contribution in [2.45, 2.75) is 13.0 Å². The Morgan fingerprint density at radius 3 is 1.79 bits per heavy atom. The molecule has 0 atom stereocenters. The van der Waals surface area contributed by atoms with Crippen molar-refractivity contribution in [3.8, 4) is 0 Å². The van der Waals surface area contributed by atoms with E-state index >= 15 is 0 Å². The van der Waals surface area contributed by atoms with Crippen LogP contribution in [0, 0.1) is 29.1 Å². The third-order valence-electron chi connectivity index (χ3n) is 2.56. The van der Waals surface area contributed by atoms with E-state index in [0.717, 1.165) is 6.54 Å². The molecule has 1 aromatic rings. The first-order valence-corrected chi connectivity index (χ1v) is 5.72. The monoisotopic (exact) mass is 282 g/mol. The van der Waals surface area contributed by atoms with Gasteiger partial charge in [-0.15, -0.1) is 0 Å². The summed E-state index contributed by atoms with van der Waals surface area (Å²) in [6, 6.07) is 0. The zero-order valence-corrected chi connectivity index (χ0v) is 10.7. The van der Waals surface area contributed by atoms with Crippen LogP contribution in [0.2, 0.25) is 0 Å². The van der Waals surface area contributed by atoms with Gasteiger partial charge in [-0.3, -0.25) is 0 Å². The van der Waals surface area contributed by atoms with Gasteiger partial charge in [0.05, 0.1) is 0 Å². The van der Waals surface area contributed by atoms with E-state index in [-0.39, 0.29) is 0 Å². The standard InChI is InChI=1S/C12H15F5N2/c1-19(2)5-3-4-18-6-7-8(13)10(15)12(17)11(16)9(7)14/h18H,3-6H2,1-2H3. The van der Waals surface area contributed by atoms with Gasteiger partial charge in [-0.1, -0.05) is 0 Å². The van der Waals surface area contributed by atoms with Gasteiger partial charge in [0.2, 0.25) is 5.82 Å². The molecule has 0 aromatic heterocycles. The molecule has 0 bridgehead atoms. The number of rotatable bonds is 6. The maximum absolute atomic E-state index is 13.3. The smallest absolute Gasteiger partial charge is 0.200 e.